The highest BCUT2D eigenvalue weighted by molar-refractivity contribution is 6.14. The molecule has 1 fully saturated rings. The van der Waals surface area contributed by atoms with Crippen LogP contribution in [-0.4, -0.2) is 33.7 Å². The van der Waals surface area contributed by atoms with Gasteiger partial charge in [0.1, 0.15) is 5.41 Å². The minimum Gasteiger partial charge on any atom is -0.361 e. The summed E-state index contributed by atoms with van der Waals surface area (Å²) in [6.07, 6.45) is 3.87. The number of nitrogens with one attached hydrogen (secondary N) is 2. The number of imide groups is 1. The molecular weight excluding hydrogens is 326 g/mol. The van der Waals surface area contributed by atoms with Crippen LogP contribution in [0.15, 0.2) is 60.9 Å². The number of amides is 2. The Balaban J connectivity index is 1.89. The molecule has 26 heavy (non-hydrogen) atoms. The molecule has 5 nitrogen and oxygen atoms in total. The first kappa shape index (κ1) is 15.0. The molecule has 0 saturated carbocycles. The second kappa shape index (κ2) is 5.08. The number of benzene rings is 2. The lowest BCUT2D eigenvalue weighted by Gasteiger charge is -2.26. The van der Waals surface area contributed by atoms with Crippen molar-refractivity contribution in [1.29, 1.82) is 0 Å². The third-order valence-corrected chi connectivity index (χ3v) is 5.56. The van der Waals surface area contributed by atoms with Crippen LogP contribution in [0.5, 0.6) is 0 Å². The van der Waals surface area contributed by atoms with E-state index in [0.717, 1.165) is 32.9 Å². The fourth-order valence-electron chi connectivity index (χ4n) is 4.24. The zero-order valence-corrected chi connectivity index (χ0v) is 14.2. The molecule has 128 valence electrons. The van der Waals surface area contributed by atoms with Crippen molar-refractivity contribution >= 4 is 33.6 Å². The Morgan fingerprint density at radius 2 is 1.35 bits per heavy atom. The number of rotatable bonds is 2. The van der Waals surface area contributed by atoms with E-state index in [1.807, 2.05) is 60.9 Å². The van der Waals surface area contributed by atoms with Crippen molar-refractivity contribution in [2.45, 2.75) is 11.8 Å². The topological polar surface area (TPSA) is 69.0 Å². The zero-order chi connectivity index (χ0) is 17.9. The summed E-state index contributed by atoms with van der Waals surface area (Å²) in [5.74, 6) is -0.345. The fourth-order valence-corrected chi connectivity index (χ4v) is 4.24. The molecule has 2 N–H and O–H groups in total. The molecule has 2 amide bonds. The molecule has 4 aromatic rings. The third-order valence-electron chi connectivity index (χ3n) is 5.56. The maximum Gasteiger partial charge on any atom is 0.244 e. The molecule has 0 atom stereocenters. The van der Waals surface area contributed by atoms with E-state index in [0.29, 0.717) is 0 Å². The molecule has 0 aliphatic carbocycles. The number of nitrogens with zero attached hydrogens (tertiary/aromatic N) is 1. The second-order valence-corrected chi connectivity index (χ2v) is 6.84. The van der Waals surface area contributed by atoms with Gasteiger partial charge in [-0.3, -0.25) is 14.5 Å². The molecule has 0 bridgehead atoms. The van der Waals surface area contributed by atoms with Crippen LogP contribution in [0.1, 0.15) is 17.5 Å². The van der Waals surface area contributed by atoms with Crippen LogP contribution in [0.25, 0.3) is 21.8 Å². The van der Waals surface area contributed by atoms with Gasteiger partial charge < -0.3 is 9.97 Å². The number of carbonyl (C=O) groups is 2. The number of likely N-dealkylation sites (tertiary alicyclic amines) is 1. The zero-order valence-electron chi connectivity index (χ0n) is 14.2. The van der Waals surface area contributed by atoms with E-state index in [2.05, 4.69) is 9.97 Å². The first-order valence-corrected chi connectivity index (χ1v) is 8.57. The SMILES string of the molecule is CN1C(=O)CC(c2c[nH]c3ccccc23)(c2c[nH]c3ccccc23)C1=O. The van der Waals surface area contributed by atoms with E-state index in [-0.39, 0.29) is 18.2 Å². The molecule has 1 aliphatic heterocycles. The molecule has 5 rings (SSSR count). The lowest BCUT2D eigenvalue weighted by Crippen LogP contribution is -2.37. The highest BCUT2D eigenvalue weighted by Crippen LogP contribution is 2.47. The first-order chi connectivity index (χ1) is 12.6. The van der Waals surface area contributed by atoms with E-state index < -0.39 is 5.41 Å². The van der Waals surface area contributed by atoms with Crippen molar-refractivity contribution in [2.24, 2.45) is 0 Å². The van der Waals surface area contributed by atoms with Gasteiger partial charge in [0.05, 0.1) is 6.42 Å². The van der Waals surface area contributed by atoms with Gasteiger partial charge in [0.25, 0.3) is 0 Å². The largest absolute Gasteiger partial charge is 0.361 e. The Labute approximate surface area is 149 Å². The van der Waals surface area contributed by atoms with Gasteiger partial charge in [0.2, 0.25) is 11.8 Å². The predicted molar refractivity (Wildman–Crippen MR) is 99.8 cm³/mol. The average molecular weight is 343 g/mol. The number of H-pyrrole nitrogens is 2. The predicted octanol–water partition coefficient (Wildman–Crippen LogP) is 3.32. The number of para-hydroxylation sites is 2. The van der Waals surface area contributed by atoms with E-state index in [9.17, 15) is 9.59 Å². The Kier molecular flexibility index (Phi) is 2.92. The minimum atomic E-state index is -1.02. The van der Waals surface area contributed by atoms with E-state index >= 15 is 0 Å². The van der Waals surface area contributed by atoms with Gasteiger partial charge in [0.15, 0.2) is 0 Å². The van der Waals surface area contributed by atoms with Crippen molar-refractivity contribution < 1.29 is 9.59 Å². The summed E-state index contributed by atoms with van der Waals surface area (Å²) in [6, 6.07) is 15.8. The van der Waals surface area contributed by atoms with E-state index in [1.165, 1.54) is 4.90 Å². The summed E-state index contributed by atoms with van der Waals surface area (Å²) in [6.45, 7) is 0. The van der Waals surface area contributed by atoms with Crippen molar-refractivity contribution in [1.82, 2.24) is 14.9 Å². The number of carbonyl (C=O) groups excluding carboxylic acids is 2. The van der Waals surface area contributed by atoms with Gasteiger partial charge in [-0.1, -0.05) is 36.4 Å². The molecule has 0 spiro atoms. The normalized spacial score (nSPS) is 16.9. The van der Waals surface area contributed by atoms with Crippen molar-refractivity contribution in [2.75, 3.05) is 7.05 Å². The lowest BCUT2D eigenvalue weighted by atomic mass is 9.73. The molecule has 5 heteroatoms. The molecular formula is C21H17N3O2. The summed E-state index contributed by atoms with van der Waals surface area (Å²) in [5, 5.41) is 1.93. The molecule has 0 unspecified atom stereocenters. The summed E-state index contributed by atoms with van der Waals surface area (Å²) < 4.78 is 0. The summed E-state index contributed by atoms with van der Waals surface area (Å²) >= 11 is 0. The van der Waals surface area contributed by atoms with Gasteiger partial charge in [0, 0.05) is 41.2 Å². The highest BCUT2D eigenvalue weighted by Gasteiger charge is 2.54. The summed E-state index contributed by atoms with van der Waals surface area (Å²) in [4.78, 5) is 33.7. The Bertz CT molecular complexity index is 1110. The summed E-state index contributed by atoms with van der Waals surface area (Å²) in [7, 11) is 1.57. The van der Waals surface area contributed by atoms with Gasteiger partial charge in [-0.2, -0.15) is 0 Å². The summed E-state index contributed by atoms with van der Waals surface area (Å²) in [5.41, 5.74) is 2.58. The Morgan fingerprint density at radius 3 is 1.81 bits per heavy atom. The molecule has 2 aromatic carbocycles. The van der Waals surface area contributed by atoms with Crippen LogP contribution in [-0.2, 0) is 15.0 Å². The van der Waals surface area contributed by atoms with Gasteiger partial charge in [-0.25, -0.2) is 0 Å². The number of aromatic amines is 2. The number of likely N-dealkylation sites (N-methyl/N-ethyl adjacent to an activating group) is 1. The monoisotopic (exact) mass is 343 g/mol. The number of hydrogen-bond acceptors (Lipinski definition) is 2. The van der Waals surface area contributed by atoms with Crippen molar-refractivity contribution in [3.63, 3.8) is 0 Å². The molecule has 1 saturated heterocycles. The fraction of sp³-hybridized carbons (Fsp3) is 0.143. The van der Waals surface area contributed by atoms with Crippen molar-refractivity contribution in [3.05, 3.63) is 72.1 Å². The Hall–Kier alpha value is -3.34. The Morgan fingerprint density at radius 1 is 0.846 bits per heavy atom. The van der Waals surface area contributed by atoms with Crippen LogP contribution < -0.4 is 0 Å². The van der Waals surface area contributed by atoms with Crippen LogP contribution in [0.2, 0.25) is 0 Å². The minimum absolute atomic E-state index is 0.131. The highest BCUT2D eigenvalue weighted by atomic mass is 16.2. The lowest BCUT2D eigenvalue weighted by molar-refractivity contribution is -0.137. The van der Waals surface area contributed by atoms with Crippen molar-refractivity contribution in [3.8, 4) is 0 Å². The molecule has 3 heterocycles. The third kappa shape index (κ3) is 1.74. The van der Waals surface area contributed by atoms with Gasteiger partial charge in [-0.15, -0.1) is 0 Å². The molecule has 0 radical (unpaired) electrons. The second-order valence-electron chi connectivity index (χ2n) is 6.84. The first-order valence-electron chi connectivity index (χ1n) is 8.57. The standard InChI is InChI=1S/C21H17N3O2/c1-24-19(25)10-21(20(24)26,15-11-22-17-8-4-2-6-13(15)17)16-12-23-18-9-5-3-7-14(16)18/h2-9,11-12,22-23H,10H2,1H3. The van der Waals surface area contributed by atoms with Crippen LogP contribution in [0.3, 0.4) is 0 Å². The number of aromatic nitrogens is 2. The molecule has 2 aromatic heterocycles. The maximum atomic E-state index is 13.4. The van der Waals surface area contributed by atoms with Crippen LogP contribution in [0.4, 0.5) is 0 Å². The number of fused-ring (bicyclic) bond motifs is 2. The maximum absolute atomic E-state index is 13.4. The smallest absolute Gasteiger partial charge is 0.244 e. The van der Waals surface area contributed by atoms with Crippen LogP contribution in [0, 0.1) is 0 Å². The molecule has 1 aliphatic rings. The van der Waals surface area contributed by atoms with E-state index in [1.54, 1.807) is 7.05 Å². The van der Waals surface area contributed by atoms with Gasteiger partial charge >= 0.3 is 0 Å². The van der Waals surface area contributed by atoms with Crippen LogP contribution >= 0.6 is 0 Å². The quantitative estimate of drug-likeness (QED) is 0.548. The average Bonchev–Trinajstić information content (AvgIpc) is 3.34. The van der Waals surface area contributed by atoms with Gasteiger partial charge in [-0.05, 0) is 23.3 Å². The number of hydrogen-bond donors (Lipinski definition) is 2. The van der Waals surface area contributed by atoms with E-state index in [4.69, 9.17) is 0 Å².